The molecule has 15 heavy (non-hydrogen) atoms. The minimum absolute atomic E-state index is 0.0777. The van der Waals surface area contributed by atoms with Gasteiger partial charge in [0.25, 0.3) is 0 Å². The van der Waals surface area contributed by atoms with Crippen molar-refractivity contribution in [3.63, 3.8) is 0 Å². The van der Waals surface area contributed by atoms with Crippen molar-refractivity contribution in [1.82, 2.24) is 0 Å². The summed E-state index contributed by atoms with van der Waals surface area (Å²) in [5, 5.41) is 3.52. The second-order valence-electron chi connectivity index (χ2n) is 3.75. The topological polar surface area (TPSA) is 0 Å². The Labute approximate surface area is 104 Å². The van der Waals surface area contributed by atoms with Crippen molar-refractivity contribution in [3.8, 4) is 0 Å². The molecule has 0 spiro atoms. The molecule has 0 saturated heterocycles. The molecule has 1 rings (SSSR count). The van der Waals surface area contributed by atoms with E-state index in [0.717, 1.165) is 17.2 Å². The molecule has 0 aliphatic heterocycles. The Morgan fingerprint density at radius 2 is 1.13 bits per heavy atom. The summed E-state index contributed by atoms with van der Waals surface area (Å²) in [6.07, 6.45) is 0. The van der Waals surface area contributed by atoms with E-state index in [1.807, 2.05) is 0 Å². The maximum absolute atomic E-state index is 2.41. The fourth-order valence-corrected chi connectivity index (χ4v) is 11.5. The van der Waals surface area contributed by atoms with Gasteiger partial charge in [0.2, 0.25) is 0 Å². The van der Waals surface area contributed by atoms with Crippen molar-refractivity contribution < 1.29 is 0 Å². The maximum atomic E-state index is 2.41. The van der Waals surface area contributed by atoms with Gasteiger partial charge in [-0.15, -0.1) is 11.3 Å². The van der Waals surface area contributed by atoms with Crippen LogP contribution in [0, 0.1) is 0 Å². The van der Waals surface area contributed by atoms with Crippen LogP contribution in [0.15, 0.2) is 0 Å². The summed E-state index contributed by atoms with van der Waals surface area (Å²) in [5.41, 5.74) is 0. The van der Waals surface area contributed by atoms with Gasteiger partial charge in [-0.05, 0) is 40.0 Å². The summed E-state index contributed by atoms with van der Waals surface area (Å²) in [6.45, 7) is 14.3. The highest BCUT2D eigenvalue weighted by Gasteiger charge is 2.20. The highest BCUT2D eigenvalue weighted by Crippen LogP contribution is 2.34. The third kappa shape index (κ3) is 3.21. The Balaban J connectivity index is 3.35. The Hall–Kier alpha value is 1.42. The van der Waals surface area contributed by atoms with Crippen molar-refractivity contribution in [3.05, 3.63) is 0 Å². The van der Waals surface area contributed by atoms with E-state index in [9.17, 15) is 0 Å². The molecule has 0 saturated carbocycles. The average Bonchev–Trinajstić information content (AvgIpc) is 2.55. The first-order valence-electron chi connectivity index (χ1n) is 4.89. The second kappa shape index (κ2) is 6.38. The molecule has 5 heteroatoms. The van der Waals surface area contributed by atoms with Crippen molar-refractivity contribution in [1.29, 1.82) is 0 Å². The monoisotopic (exact) mass is 296 g/mol. The van der Waals surface area contributed by atoms with Crippen LogP contribution in [0.3, 0.4) is 0 Å². The molecule has 2 unspecified atom stereocenters. The van der Waals surface area contributed by atoms with Crippen LogP contribution in [-0.4, -0.2) is 40.0 Å². The zero-order valence-corrected chi connectivity index (χ0v) is 14.9. The predicted molar refractivity (Wildman–Crippen MR) is 88.9 cm³/mol. The molecule has 0 N–H and O–H groups in total. The highest BCUT2D eigenvalue weighted by molar-refractivity contribution is 7.78. The van der Waals surface area contributed by atoms with Crippen molar-refractivity contribution in [2.45, 2.75) is 0 Å². The van der Waals surface area contributed by atoms with E-state index in [1.54, 1.807) is 19.8 Å². The zero-order valence-electron chi connectivity index (χ0n) is 10.3. The third-order valence-corrected chi connectivity index (χ3v) is 9.85. The molecule has 1 aromatic rings. The number of hydrogen-bond donors (Lipinski definition) is 0. The molecule has 0 aliphatic rings. The van der Waals surface area contributed by atoms with Crippen molar-refractivity contribution in [2.75, 3.05) is 40.0 Å². The summed E-state index contributed by atoms with van der Waals surface area (Å²) >= 11 is 2.10. The fourth-order valence-electron chi connectivity index (χ4n) is 1.58. The lowest BCUT2D eigenvalue weighted by Crippen LogP contribution is -2.30. The molecule has 0 aromatic carbocycles. The molecule has 0 bridgehead atoms. The Morgan fingerprint density at radius 1 is 0.800 bits per heavy atom. The Morgan fingerprint density at radius 3 is 1.33 bits per heavy atom. The van der Waals surface area contributed by atoms with Crippen LogP contribution >= 0.6 is 44.3 Å². The van der Waals surface area contributed by atoms with Gasteiger partial charge in [-0.25, -0.2) is 0 Å². The first kappa shape index (κ1) is 14.5. The predicted octanol–water partition coefficient (Wildman–Crippen LogP) is 2.35. The van der Waals surface area contributed by atoms with Gasteiger partial charge in [0, 0.05) is 19.8 Å². The molecule has 0 aliphatic carbocycles. The van der Waals surface area contributed by atoms with Crippen molar-refractivity contribution in [2.24, 2.45) is 0 Å². The molecular weight excluding hydrogens is 276 g/mol. The lowest BCUT2D eigenvalue weighted by Gasteiger charge is -2.14. The van der Waals surface area contributed by atoms with Crippen LogP contribution in [-0.2, 0) is 0 Å². The standard InChI is InChI=1S/C10H20P4S/c1-11-9-7(13(3)4)8(14(5)6)10(12-2)15-9/h11-12H,1-6H3. The van der Waals surface area contributed by atoms with Gasteiger partial charge in [0.1, 0.15) is 0 Å². The van der Waals surface area contributed by atoms with E-state index in [2.05, 4.69) is 51.3 Å². The van der Waals surface area contributed by atoms with Crippen LogP contribution in [0.1, 0.15) is 0 Å². The van der Waals surface area contributed by atoms with Gasteiger partial charge >= 0.3 is 0 Å². The van der Waals surface area contributed by atoms with Gasteiger partial charge in [-0.1, -0.05) is 33.0 Å². The quantitative estimate of drug-likeness (QED) is 0.748. The van der Waals surface area contributed by atoms with E-state index < -0.39 is 0 Å². The van der Waals surface area contributed by atoms with E-state index in [-0.39, 0.29) is 15.8 Å². The summed E-state index contributed by atoms with van der Waals surface area (Å²) in [5.74, 6) is 0. The van der Waals surface area contributed by atoms with Gasteiger partial charge in [-0.2, -0.15) is 0 Å². The molecule has 2 atom stereocenters. The lowest BCUT2D eigenvalue weighted by atomic mass is 10.6. The molecule has 86 valence electrons. The third-order valence-electron chi connectivity index (χ3n) is 2.21. The summed E-state index contributed by atoms with van der Waals surface area (Å²) in [7, 11) is 2.12. The molecule has 1 aromatic heterocycles. The molecule has 1 heterocycles. The minimum Gasteiger partial charge on any atom is -0.135 e. The Kier molecular flexibility index (Phi) is 6.16. The van der Waals surface area contributed by atoms with Gasteiger partial charge < -0.3 is 0 Å². The molecular formula is C10H20P4S. The van der Waals surface area contributed by atoms with Crippen LogP contribution in [0.5, 0.6) is 0 Å². The first-order valence-corrected chi connectivity index (χ1v) is 13.2. The van der Waals surface area contributed by atoms with Gasteiger partial charge in [0.15, 0.2) is 0 Å². The average molecular weight is 296 g/mol. The molecule has 0 amide bonds. The highest BCUT2D eigenvalue weighted by atomic mass is 32.1. The van der Waals surface area contributed by atoms with Crippen LogP contribution < -0.4 is 19.8 Å². The summed E-state index contributed by atoms with van der Waals surface area (Å²) in [6, 6.07) is 0. The number of rotatable bonds is 4. The van der Waals surface area contributed by atoms with Crippen LogP contribution in [0.4, 0.5) is 0 Å². The summed E-state index contributed by atoms with van der Waals surface area (Å²) in [4.78, 5) is 0. The lowest BCUT2D eigenvalue weighted by molar-refractivity contribution is 2.14. The normalized spacial score (nSPS) is 13.3. The maximum Gasteiger partial charge on any atom is 0.0334 e. The second-order valence-corrected chi connectivity index (χ2v) is 12.0. The van der Waals surface area contributed by atoms with E-state index in [4.69, 9.17) is 0 Å². The fraction of sp³-hybridized carbons (Fsp3) is 0.600. The van der Waals surface area contributed by atoms with Crippen LogP contribution in [0.25, 0.3) is 0 Å². The number of hydrogen-bond acceptors (Lipinski definition) is 1. The van der Waals surface area contributed by atoms with E-state index in [1.165, 1.54) is 0 Å². The first-order chi connectivity index (χ1) is 7.02. The molecule has 0 radical (unpaired) electrons. The minimum atomic E-state index is 0.0777. The van der Waals surface area contributed by atoms with Gasteiger partial charge in [0.05, 0.1) is 0 Å². The molecule has 0 fully saturated rings. The Bertz CT molecular complexity index is 300. The summed E-state index contributed by atoms with van der Waals surface area (Å²) < 4.78 is 3.39. The van der Waals surface area contributed by atoms with Crippen molar-refractivity contribution >= 4 is 64.2 Å². The molecule has 0 nitrogen and oxygen atoms in total. The van der Waals surface area contributed by atoms with Gasteiger partial charge in [-0.3, -0.25) is 0 Å². The number of thiophene rings is 1. The zero-order chi connectivity index (χ0) is 11.6. The SMILES string of the molecule is CPc1sc(PC)c(P(C)C)c1P(C)C. The smallest absolute Gasteiger partial charge is 0.0334 e. The van der Waals surface area contributed by atoms with Crippen LogP contribution in [0.2, 0.25) is 0 Å². The van der Waals surface area contributed by atoms with E-state index in [0.29, 0.717) is 0 Å². The van der Waals surface area contributed by atoms with E-state index >= 15 is 0 Å². The largest absolute Gasteiger partial charge is 0.135 e.